The molecule has 1 aliphatic heterocycles. The predicted molar refractivity (Wildman–Crippen MR) is 123 cm³/mol. The van der Waals surface area contributed by atoms with E-state index in [0.717, 1.165) is 50.1 Å². The van der Waals surface area contributed by atoms with Crippen LogP contribution in [0.5, 0.6) is 0 Å². The number of rotatable bonds is 9. The van der Waals surface area contributed by atoms with Crippen molar-refractivity contribution in [2.75, 3.05) is 30.6 Å². The van der Waals surface area contributed by atoms with Gasteiger partial charge >= 0.3 is 0 Å². The Bertz CT molecular complexity index is 892. The van der Waals surface area contributed by atoms with Crippen LogP contribution in [0.4, 0.5) is 5.69 Å². The number of likely N-dealkylation sites (tertiary alicyclic amines) is 1. The van der Waals surface area contributed by atoms with E-state index in [1.54, 1.807) is 6.26 Å². The zero-order valence-electron chi connectivity index (χ0n) is 17.6. The molecule has 2 N–H and O–H groups in total. The molecule has 6 heteroatoms. The highest BCUT2D eigenvalue weighted by Crippen LogP contribution is 2.49. The molecule has 1 amide bonds. The Hall–Kier alpha value is -2.18. The summed E-state index contributed by atoms with van der Waals surface area (Å²) in [4.78, 5) is 15.9. The van der Waals surface area contributed by atoms with Crippen molar-refractivity contribution in [2.24, 2.45) is 0 Å². The monoisotopic (exact) mass is 425 g/mol. The van der Waals surface area contributed by atoms with Gasteiger partial charge in [0.1, 0.15) is 11.0 Å². The third-order valence-corrected chi connectivity index (χ3v) is 6.72. The van der Waals surface area contributed by atoms with Gasteiger partial charge in [-0.2, -0.15) is 0 Å². The van der Waals surface area contributed by atoms with Crippen molar-refractivity contribution >= 4 is 22.6 Å². The molecule has 1 heterocycles. The molecular formula is C24H31N3O2S. The smallest absolute Gasteiger partial charge is 0.230 e. The first kappa shape index (κ1) is 21.1. The van der Waals surface area contributed by atoms with Crippen LogP contribution in [0.15, 0.2) is 54.6 Å². The van der Waals surface area contributed by atoms with E-state index in [9.17, 15) is 9.00 Å². The van der Waals surface area contributed by atoms with Gasteiger partial charge in [-0.25, -0.2) is 4.21 Å². The summed E-state index contributed by atoms with van der Waals surface area (Å²) in [5.74, 6) is 0.123. The topological polar surface area (TPSA) is 61.4 Å². The molecule has 1 unspecified atom stereocenters. The zero-order chi connectivity index (χ0) is 21.0. The summed E-state index contributed by atoms with van der Waals surface area (Å²) in [5.41, 5.74) is 2.61. The Morgan fingerprint density at radius 2 is 1.83 bits per heavy atom. The van der Waals surface area contributed by atoms with Gasteiger partial charge in [0.05, 0.1) is 5.41 Å². The SMILES string of the molecule is CS(=O)Nc1cccc(C2(C(=O)N[C@@H](Cc3ccccc3)CN3CCCC3)CC2)c1. The number of nitrogens with zero attached hydrogens (tertiary/aromatic N) is 1. The molecule has 5 nitrogen and oxygen atoms in total. The van der Waals surface area contributed by atoms with E-state index in [2.05, 4.69) is 39.2 Å². The van der Waals surface area contributed by atoms with E-state index in [0.29, 0.717) is 0 Å². The van der Waals surface area contributed by atoms with Crippen LogP contribution in [0.25, 0.3) is 0 Å². The van der Waals surface area contributed by atoms with Gasteiger partial charge in [-0.1, -0.05) is 42.5 Å². The summed E-state index contributed by atoms with van der Waals surface area (Å²) in [6.45, 7) is 3.13. The van der Waals surface area contributed by atoms with Crippen LogP contribution in [0.2, 0.25) is 0 Å². The maximum atomic E-state index is 13.4. The highest BCUT2D eigenvalue weighted by Gasteiger charge is 2.51. The van der Waals surface area contributed by atoms with Gasteiger partial charge in [0.25, 0.3) is 0 Å². The number of hydrogen-bond donors (Lipinski definition) is 2. The quantitative estimate of drug-likeness (QED) is 0.648. The fourth-order valence-electron chi connectivity index (χ4n) is 4.48. The molecule has 2 fully saturated rings. The standard InChI is InChI=1S/C24H31N3O2S/c1-30(29)26-21-11-7-10-20(17-21)24(12-13-24)23(28)25-22(18-27-14-5-6-15-27)16-19-8-3-2-4-9-19/h2-4,7-11,17,22,26H,5-6,12-16,18H2,1H3,(H,25,28)/t22-,30?/m0/s1. The lowest BCUT2D eigenvalue weighted by atomic mass is 9.93. The molecule has 160 valence electrons. The minimum Gasteiger partial charge on any atom is -0.351 e. The van der Waals surface area contributed by atoms with Crippen LogP contribution in [0, 0.1) is 0 Å². The maximum Gasteiger partial charge on any atom is 0.230 e. The molecule has 2 aromatic carbocycles. The van der Waals surface area contributed by atoms with Gasteiger partial charge in [0.2, 0.25) is 5.91 Å². The van der Waals surface area contributed by atoms with Gasteiger partial charge in [0.15, 0.2) is 0 Å². The second-order valence-electron chi connectivity index (χ2n) is 8.59. The number of benzene rings is 2. The normalized spacial score (nSPS) is 19.8. The van der Waals surface area contributed by atoms with Crippen LogP contribution in [0.1, 0.15) is 36.8 Å². The van der Waals surface area contributed by atoms with Crippen LogP contribution >= 0.6 is 0 Å². The van der Waals surface area contributed by atoms with Gasteiger partial charge in [0, 0.05) is 24.5 Å². The summed E-state index contributed by atoms with van der Waals surface area (Å²) >= 11 is 0. The first-order chi connectivity index (χ1) is 14.5. The third-order valence-electron chi connectivity index (χ3n) is 6.20. The Balaban J connectivity index is 1.49. The predicted octanol–water partition coefficient (Wildman–Crippen LogP) is 3.25. The van der Waals surface area contributed by atoms with Crippen LogP contribution < -0.4 is 10.0 Å². The van der Waals surface area contributed by atoms with E-state index in [-0.39, 0.29) is 11.9 Å². The minimum atomic E-state index is -1.13. The Morgan fingerprint density at radius 3 is 2.50 bits per heavy atom. The molecule has 2 aliphatic rings. The lowest BCUT2D eigenvalue weighted by Gasteiger charge is -2.27. The second kappa shape index (κ2) is 9.31. The van der Waals surface area contributed by atoms with Crippen LogP contribution in [-0.2, 0) is 27.6 Å². The molecule has 2 atom stereocenters. The molecule has 2 aromatic rings. The minimum absolute atomic E-state index is 0.0972. The molecule has 4 rings (SSSR count). The molecule has 0 bridgehead atoms. The van der Waals surface area contributed by atoms with Crippen molar-refractivity contribution in [3.05, 3.63) is 65.7 Å². The van der Waals surface area contributed by atoms with Gasteiger partial charge in [-0.15, -0.1) is 0 Å². The van der Waals surface area contributed by atoms with Gasteiger partial charge in [-0.3, -0.25) is 4.79 Å². The average Bonchev–Trinajstić information content (AvgIpc) is 3.39. The van der Waals surface area contributed by atoms with E-state index in [4.69, 9.17) is 0 Å². The average molecular weight is 426 g/mol. The molecule has 0 aromatic heterocycles. The summed E-state index contributed by atoms with van der Waals surface area (Å²) in [7, 11) is -1.13. The van der Waals surface area contributed by atoms with Crippen molar-refractivity contribution in [1.29, 1.82) is 0 Å². The highest BCUT2D eigenvalue weighted by molar-refractivity contribution is 7.85. The number of anilines is 1. The summed E-state index contributed by atoms with van der Waals surface area (Å²) in [6, 6.07) is 18.3. The van der Waals surface area contributed by atoms with E-state index < -0.39 is 16.4 Å². The maximum absolute atomic E-state index is 13.4. The van der Waals surface area contributed by atoms with Crippen LogP contribution in [0.3, 0.4) is 0 Å². The molecule has 30 heavy (non-hydrogen) atoms. The lowest BCUT2D eigenvalue weighted by molar-refractivity contribution is -0.124. The van der Waals surface area contributed by atoms with Crippen molar-refractivity contribution in [1.82, 2.24) is 10.2 Å². The Labute approximate surface area is 181 Å². The number of carbonyl (C=O) groups excluding carboxylic acids is 1. The largest absolute Gasteiger partial charge is 0.351 e. The third kappa shape index (κ3) is 5.10. The Morgan fingerprint density at radius 1 is 1.10 bits per heavy atom. The van der Waals surface area contributed by atoms with Crippen molar-refractivity contribution in [3.63, 3.8) is 0 Å². The first-order valence-corrected chi connectivity index (χ1v) is 12.4. The van der Waals surface area contributed by atoms with Crippen molar-refractivity contribution in [3.8, 4) is 0 Å². The molecular weight excluding hydrogens is 394 g/mol. The van der Waals surface area contributed by atoms with Crippen molar-refractivity contribution < 1.29 is 9.00 Å². The summed E-state index contributed by atoms with van der Waals surface area (Å²) in [5, 5.41) is 3.39. The summed E-state index contributed by atoms with van der Waals surface area (Å²) < 4.78 is 14.5. The lowest BCUT2D eigenvalue weighted by Crippen LogP contribution is -2.48. The van der Waals surface area contributed by atoms with E-state index in [1.807, 2.05) is 30.3 Å². The second-order valence-corrected chi connectivity index (χ2v) is 9.70. The highest BCUT2D eigenvalue weighted by atomic mass is 32.2. The van der Waals surface area contributed by atoms with Crippen LogP contribution in [-0.4, -0.2) is 46.9 Å². The molecule has 1 saturated carbocycles. The fourth-order valence-corrected chi connectivity index (χ4v) is 4.94. The van der Waals surface area contributed by atoms with E-state index in [1.165, 1.54) is 18.4 Å². The number of amides is 1. The number of nitrogens with one attached hydrogen (secondary N) is 2. The molecule has 0 radical (unpaired) electrons. The van der Waals surface area contributed by atoms with Crippen molar-refractivity contribution in [2.45, 2.75) is 43.6 Å². The molecule has 1 aliphatic carbocycles. The molecule has 0 spiro atoms. The number of hydrogen-bond acceptors (Lipinski definition) is 3. The van der Waals surface area contributed by atoms with E-state index >= 15 is 0 Å². The Kier molecular flexibility index (Phi) is 6.54. The zero-order valence-corrected chi connectivity index (χ0v) is 18.4. The van der Waals surface area contributed by atoms with Gasteiger partial charge < -0.3 is 14.9 Å². The fraction of sp³-hybridized carbons (Fsp3) is 0.458. The summed E-state index contributed by atoms with van der Waals surface area (Å²) in [6.07, 6.45) is 6.66. The molecule has 1 saturated heterocycles. The number of carbonyl (C=O) groups is 1. The van der Waals surface area contributed by atoms with Gasteiger partial charge in [-0.05, 0) is 68.5 Å². The first-order valence-electron chi connectivity index (χ1n) is 10.8.